The summed E-state index contributed by atoms with van der Waals surface area (Å²) in [6, 6.07) is 18.6. The predicted octanol–water partition coefficient (Wildman–Crippen LogP) is 4.71. The molecule has 11 heteroatoms. The summed E-state index contributed by atoms with van der Waals surface area (Å²) in [7, 11) is 1.43. The van der Waals surface area contributed by atoms with Crippen molar-refractivity contribution < 1.29 is 43.6 Å². The highest BCUT2D eigenvalue weighted by Gasteiger charge is 2.30. The molecule has 0 radical (unpaired) electrons. The van der Waals surface area contributed by atoms with E-state index in [-0.39, 0.29) is 18.3 Å². The third kappa shape index (κ3) is 7.33. The normalized spacial score (nSPS) is 13.4. The van der Waals surface area contributed by atoms with Gasteiger partial charge in [-0.2, -0.15) is 0 Å². The van der Waals surface area contributed by atoms with Crippen LogP contribution in [0.3, 0.4) is 0 Å². The quantitative estimate of drug-likeness (QED) is 0.156. The van der Waals surface area contributed by atoms with Crippen molar-refractivity contribution in [3.05, 3.63) is 84.4 Å². The Hall–Kier alpha value is -4.90. The Morgan fingerprint density at radius 1 is 1.05 bits per heavy atom. The molecule has 0 fully saturated rings. The number of anilines is 1. The highest BCUT2D eigenvalue weighted by atomic mass is 16.7. The lowest BCUT2D eigenvalue weighted by molar-refractivity contribution is -0.124. The van der Waals surface area contributed by atoms with Crippen LogP contribution in [0.4, 0.5) is 10.5 Å². The zero-order valence-corrected chi connectivity index (χ0v) is 21.0. The van der Waals surface area contributed by atoms with E-state index in [1.807, 2.05) is 6.07 Å². The number of nitrogens with one attached hydrogen (secondary N) is 2. The number of allylic oxidation sites excluding steroid dienone is 1. The van der Waals surface area contributed by atoms with Crippen molar-refractivity contribution in [1.82, 2.24) is 5.48 Å². The van der Waals surface area contributed by atoms with Crippen LogP contribution < -0.4 is 29.7 Å². The molecule has 0 saturated carbocycles. The molecule has 2 atom stereocenters. The predicted molar refractivity (Wildman–Crippen MR) is 139 cm³/mol. The molecule has 0 aromatic heterocycles. The summed E-state index contributed by atoms with van der Waals surface area (Å²) in [5, 5.41) is 21.9. The molecule has 1 aliphatic rings. The summed E-state index contributed by atoms with van der Waals surface area (Å²) in [5.41, 5.74) is 2.41. The van der Waals surface area contributed by atoms with Gasteiger partial charge in [-0.05, 0) is 49.2 Å². The minimum Gasteiger partial charge on any atom is -0.504 e. The number of hydroxylamine groups is 1. The van der Waals surface area contributed by atoms with Crippen molar-refractivity contribution in [3.8, 4) is 28.7 Å². The molecule has 0 spiro atoms. The van der Waals surface area contributed by atoms with Crippen LogP contribution in [0.15, 0.2) is 78.9 Å². The van der Waals surface area contributed by atoms with Gasteiger partial charge in [0, 0.05) is 23.4 Å². The van der Waals surface area contributed by atoms with Crippen LogP contribution in [-0.4, -0.2) is 42.3 Å². The number of rotatable bonds is 11. The van der Waals surface area contributed by atoms with Crippen molar-refractivity contribution in [2.75, 3.05) is 19.2 Å². The maximum Gasteiger partial charge on any atom is 0.412 e. The average Bonchev–Trinajstić information content (AvgIpc) is 3.42. The van der Waals surface area contributed by atoms with Gasteiger partial charge in [0.25, 0.3) is 5.91 Å². The lowest BCUT2D eigenvalue weighted by Crippen LogP contribution is -2.31. The number of amides is 2. The van der Waals surface area contributed by atoms with Gasteiger partial charge < -0.3 is 28.8 Å². The molecule has 0 bridgehead atoms. The topological polar surface area (TPSA) is 145 Å². The van der Waals surface area contributed by atoms with Crippen LogP contribution in [0.2, 0.25) is 0 Å². The lowest BCUT2D eigenvalue weighted by Gasteiger charge is -2.28. The molecule has 0 unspecified atom stereocenters. The minimum absolute atomic E-state index is 0.0964. The lowest BCUT2D eigenvalue weighted by atomic mass is 9.99. The van der Waals surface area contributed by atoms with Gasteiger partial charge in [-0.25, -0.2) is 10.3 Å². The van der Waals surface area contributed by atoms with Gasteiger partial charge >= 0.3 is 6.09 Å². The highest BCUT2D eigenvalue weighted by molar-refractivity contribution is 5.86. The molecular formula is C28H28N2O9. The molecule has 0 aliphatic carbocycles. The van der Waals surface area contributed by atoms with Crippen molar-refractivity contribution >= 4 is 17.7 Å². The molecule has 1 heterocycles. The number of benzene rings is 3. The average molecular weight is 537 g/mol. The summed E-state index contributed by atoms with van der Waals surface area (Å²) < 4.78 is 27.9. The van der Waals surface area contributed by atoms with Crippen molar-refractivity contribution in [2.45, 2.75) is 25.0 Å². The van der Waals surface area contributed by atoms with Gasteiger partial charge in [0.1, 0.15) is 11.9 Å². The summed E-state index contributed by atoms with van der Waals surface area (Å²) in [6.07, 6.45) is 0.880. The first-order valence-electron chi connectivity index (χ1n) is 12.0. The number of carbonyl (C=O) groups is 2. The number of carbonyl (C=O) groups excluding carboxylic acids is 2. The molecule has 0 saturated heterocycles. The van der Waals surface area contributed by atoms with Crippen molar-refractivity contribution in [3.63, 3.8) is 0 Å². The molecule has 2 amide bonds. The van der Waals surface area contributed by atoms with Gasteiger partial charge in [-0.15, -0.1) is 0 Å². The van der Waals surface area contributed by atoms with Crippen molar-refractivity contribution in [2.24, 2.45) is 0 Å². The highest BCUT2D eigenvalue weighted by Crippen LogP contribution is 2.36. The van der Waals surface area contributed by atoms with E-state index >= 15 is 0 Å². The number of ether oxygens (including phenoxy) is 5. The molecule has 39 heavy (non-hydrogen) atoms. The molecule has 11 nitrogen and oxygen atoms in total. The minimum atomic E-state index is -0.990. The van der Waals surface area contributed by atoms with E-state index in [2.05, 4.69) is 5.32 Å². The first-order chi connectivity index (χ1) is 19.0. The molecule has 4 N–H and O–H groups in total. The summed E-state index contributed by atoms with van der Waals surface area (Å²) >= 11 is 0. The van der Waals surface area contributed by atoms with Crippen LogP contribution in [0.25, 0.3) is 0 Å². The second-order valence-electron chi connectivity index (χ2n) is 8.38. The van der Waals surface area contributed by atoms with Gasteiger partial charge in [0.05, 0.1) is 7.11 Å². The molecule has 204 valence electrons. The summed E-state index contributed by atoms with van der Waals surface area (Å²) in [6.45, 7) is 0.0964. The first kappa shape index (κ1) is 27.1. The fraction of sp³-hybridized carbons (Fsp3) is 0.214. The summed E-state index contributed by atoms with van der Waals surface area (Å²) in [4.78, 5) is 24.5. The number of fused-ring (bicyclic) bond motifs is 1. The van der Waals surface area contributed by atoms with E-state index in [1.165, 1.54) is 24.7 Å². The summed E-state index contributed by atoms with van der Waals surface area (Å²) in [5.74, 6) is 1.03. The Balaban J connectivity index is 1.61. The van der Waals surface area contributed by atoms with E-state index in [4.69, 9.17) is 28.9 Å². The van der Waals surface area contributed by atoms with Crippen LogP contribution in [-0.2, 0) is 9.53 Å². The van der Waals surface area contributed by atoms with E-state index < -0.39 is 24.2 Å². The number of phenolic OH excluding ortho intramolecular Hbond substituents is 1. The molecule has 3 aromatic carbocycles. The van der Waals surface area contributed by atoms with Crippen molar-refractivity contribution in [1.29, 1.82) is 0 Å². The molecule has 1 aliphatic heterocycles. The van der Waals surface area contributed by atoms with Gasteiger partial charge in [-0.3, -0.25) is 15.3 Å². The Morgan fingerprint density at radius 3 is 2.59 bits per heavy atom. The largest absolute Gasteiger partial charge is 0.504 e. The Kier molecular flexibility index (Phi) is 9.09. The molecular weight excluding hydrogens is 508 g/mol. The van der Waals surface area contributed by atoms with Gasteiger partial charge in [0.15, 0.2) is 29.1 Å². The number of methoxy groups -OCH3 is 1. The third-order valence-corrected chi connectivity index (χ3v) is 5.75. The number of phenols is 1. The first-order valence-corrected chi connectivity index (χ1v) is 12.0. The fourth-order valence-electron chi connectivity index (χ4n) is 3.91. The number of hydrogen-bond acceptors (Lipinski definition) is 9. The Morgan fingerprint density at radius 2 is 1.85 bits per heavy atom. The van der Waals surface area contributed by atoms with Crippen LogP contribution >= 0.6 is 0 Å². The van der Waals surface area contributed by atoms with Crippen LogP contribution in [0, 0.1) is 0 Å². The molecule has 3 aromatic rings. The van der Waals surface area contributed by atoms with E-state index in [9.17, 15) is 14.7 Å². The number of aromatic hydroxyl groups is 1. The Bertz CT molecular complexity index is 1310. The maximum atomic E-state index is 13.1. The van der Waals surface area contributed by atoms with Gasteiger partial charge in [0.2, 0.25) is 6.79 Å². The second kappa shape index (κ2) is 13.1. The monoisotopic (exact) mass is 536 g/mol. The maximum absolute atomic E-state index is 13.1. The van der Waals surface area contributed by atoms with E-state index in [0.29, 0.717) is 41.3 Å². The number of para-hydroxylation sites is 1. The third-order valence-electron chi connectivity index (χ3n) is 5.75. The zero-order chi connectivity index (χ0) is 27.6. The van der Waals surface area contributed by atoms with Crippen LogP contribution in [0.1, 0.15) is 24.5 Å². The SMILES string of the molecule is COc1ccc([C@@H](OC(=O)Nc2ccc3c(c2)OCO3)[C@@H](CC/C=C/C(=O)NO)Oc2ccccc2)cc1O. The van der Waals surface area contributed by atoms with Gasteiger partial charge in [-0.1, -0.05) is 30.3 Å². The van der Waals surface area contributed by atoms with E-state index in [1.54, 1.807) is 60.7 Å². The molecule has 4 rings (SSSR count). The smallest absolute Gasteiger partial charge is 0.412 e. The fourth-order valence-corrected chi connectivity index (χ4v) is 3.91. The second-order valence-corrected chi connectivity index (χ2v) is 8.38. The van der Waals surface area contributed by atoms with E-state index in [0.717, 1.165) is 0 Å². The standard InChI is InChI=1S/C28H28N2O9/c1-35-22-13-11-18(15-21(22)31)27(39-28(33)29-19-12-14-23-25(16-19)37-17-36-23)24(9-5-6-10-26(32)30-34)38-20-7-3-2-4-8-20/h2-4,6-8,10-16,24,27,31,34H,5,9,17H2,1H3,(H,29,33)(H,30,32)/b10-6+/t24-,27-/m1/s1. The Labute approximate surface area is 224 Å². The zero-order valence-electron chi connectivity index (χ0n) is 21.0. The van der Waals surface area contributed by atoms with Crippen LogP contribution in [0.5, 0.6) is 28.7 Å². The number of hydrogen-bond donors (Lipinski definition) is 4.